The van der Waals surface area contributed by atoms with Crippen LogP contribution in [0.25, 0.3) is 0 Å². The molecule has 0 spiro atoms. The number of anilines is 1. The summed E-state index contributed by atoms with van der Waals surface area (Å²) in [4.78, 5) is 26.8. The van der Waals surface area contributed by atoms with E-state index >= 15 is 4.39 Å². The first-order valence-corrected chi connectivity index (χ1v) is 18.3. The van der Waals surface area contributed by atoms with Gasteiger partial charge in [0.15, 0.2) is 0 Å². The lowest BCUT2D eigenvalue weighted by Gasteiger charge is -2.38. The van der Waals surface area contributed by atoms with Crippen LogP contribution in [0.1, 0.15) is 55.6 Å². The Morgan fingerprint density at radius 3 is 2.63 bits per heavy atom. The van der Waals surface area contributed by atoms with Gasteiger partial charge in [0, 0.05) is 54.0 Å². The highest BCUT2D eigenvalue weighted by Crippen LogP contribution is 2.40. The Kier molecular flexibility index (Phi) is 12.1. The third-order valence-corrected chi connectivity index (χ3v) is 11.8. The van der Waals surface area contributed by atoms with Crippen LogP contribution in [-0.2, 0) is 30.7 Å². The van der Waals surface area contributed by atoms with E-state index in [1.165, 1.54) is 22.5 Å². The summed E-state index contributed by atoms with van der Waals surface area (Å²) in [5, 5.41) is 9.11. The first-order valence-electron chi connectivity index (χ1n) is 16.3. The van der Waals surface area contributed by atoms with Gasteiger partial charge >= 0.3 is 12.3 Å². The van der Waals surface area contributed by atoms with Crippen molar-refractivity contribution in [1.29, 1.82) is 0 Å². The van der Waals surface area contributed by atoms with Crippen LogP contribution in [0.4, 0.5) is 28.0 Å². The zero-order chi connectivity index (χ0) is 35.3. The Balaban J connectivity index is 1.42. The lowest BCUT2D eigenvalue weighted by atomic mass is 9.74. The molecule has 3 saturated heterocycles. The highest BCUT2D eigenvalue weighted by molar-refractivity contribution is 7.89. The number of hydrogen-bond acceptors (Lipinski definition) is 7. The molecule has 10 nitrogen and oxygen atoms in total. The number of piperazine rings is 1. The number of halogens is 5. The number of nitrogens with zero attached hydrogens (tertiary/aromatic N) is 1. The van der Waals surface area contributed by atoms with E-state index in [9.17, 15) is 31.2 Å². The normalized spacial score (nSPS) is 26.5. The van der Waals surface area contributed by atoms with Crippen molar-refractivity contribution in [3.63, 3.8) is 0 Å². The second-order valence-corrected chi connectivity index (χ2v) is 15.3. The minimum atomic E-state index is -4.47. The Morgan fingerprint density at radius 2 is 1.92 bits per heavy atom. The summed E-state index contributed by atoms with van der Waals surface area (Å²) in [5.74, 6) is -2.68. The number of amides is 2. The summed E-state index contributed by atoms with van der Waals surface area (Å²) < 4.78 is 93.2. The molecule has 0 aliphatic carbocycles. The van der Waals surface area contributed by atoms with Crippen LogP contribution in [0.2, 0.25) is 5.02 Å². The summed E-state index contributed by atoms with van der Waals surface area (Å²) in [7, 11) is -2.36. The van der Waals surface area contributed by atoms with Gasteiger partial charge in [0.25, 0.3) is 0 Å². The van der Waals surface area contributed by atoms with Crippen LogP contribution in [0.3, 0.4) is 0 Å². The molecule has 0 saturated carbocycles. The van der Waals surface area contributed by atoms with E-state index in [4.69, 9.17) is 21.1 Å². The standard InChI is InChI=1S/C33H41ClF4N4O6S/c1-47-32(44)41-30(29(20-7-9-22(34)10-8-20)21-13-14-48-25(16-21)17-33(36,37)38)31(43)40-28-6-2-5-27(35)26(28)12-11-24-18-39-23-4-3-15-49(45,46)42(24)19-23/h2,5-10,21,23-25,29-30,39H,3-4,11-19H2,1H3,(H,40,43)(H,41,44). The zero-order valence-corrected chi connectivity index (χ0v) is 28.6. The second kappa shape index (κ2) is 15.9. The SMILES string of the molecule is COC(=O)NC(C(=O)Nc1cccc(F)c1CCC1CNC2CCCS(=O)(=O)N1C2)C(c1ccc(Cl)cc1)C1CCOC(CC(F)(F)F)C1. The number of sulfonamides is 1. The van der Waals surface area contributed by atoms with Crippen molar-refractivity contribution in [3.05, 3.63) is 64.4 Å². The van der Waals surface area contributed by atoms with Gasteiger partial charge < -0.3 is 25.4 Å². The largest absolute Gasteiger partial charge is 0.453 e. The van der Waals surface area contributed by atoms with E-state index in [1.54, 1.807) is 24.3 Å². The number of alkyl halides is 3. The quantitative estimate of drug-likeness (QED) is 0.281. The third kappa shape index (κ3) is 9.63. The topological polar surface area (TPSA) is 126 Å². The van der Waals surface area contributed by atoms with Crippen molar-refractivity contribution < 1.29 is 45.0 Å². The lowest BCUT2D eigenvalue weighted by molar-refractivity contribution is -0.169. The molecule has 3 aliphatic heterocycles. The van der Waals surface area contributed by atoms with Gasteiger partial charge in [-0.1, -0.05) is 29.8 Å². The minimum absolute atomic E-state index is 0.0135. The maximum absolute atomic E-state index is 15.4. The number of carbonyl (C=O) groups excluding carboxylic acids is 2. The highest BCUT2D eigenvalue weighted by atomic mass is 35.5. The predicted molar refractivity (Wildman–Crippen MR) is 175 cm³/mol. The Labute approximate surface area is 288 Å². The molecule has 2 bridgehead atoms. The number of benzene rings is 2. The maximum atomic E-state index is 15.4. The number of alkyl carbamates (subject to hydrolysis) is 1. The van der Waals surface area contributed by atoms with E-state index in [0.29, 0.717) is 36.5 Å². The molecule has 0 radical (unpaired) electrons. The molecule has 2 aromatic rings. The number of rotatable bonds is 10. The summed E-state index contributed by atoms with van der Waals surface area (Å²) in [6, 6.07) is 8.92. The molecule has 16 heteroatoms. The van der Waals surface area contributed by atoms with E-state index in [-0.39, 0.29) is 48.9 Å². The molecular formula is C33H41ClF4N4O6S. The van der Waals surface area contributed by atoms with E-state index in [0.717, 1.165) is 13.5 Å². The second-order valence-electron chi connectivity index (χ2n) is 12.9. The first kappa shape index (κ1) is 37.3. The average molecular weight is 733 g/mol. The van der Waals surface area contributed by atoms with Crippen LogP contribution >= 0.6 is 11.6 Å². The molecule has 0 aromatic heterocycles. The highest BCUT2D eigenvalue weighted by Gasteiger charge is 2.43. The predicted octanol–water partition coefficient (Wildman–Crippen LogP) is 5.37. The number of fused-ring (bicyclic) bond motifs is 2. The summed E-state index contributed by atoms with van der Waals surface area (Å²) in [6.07, 6.45) is -5.78. The van der Waals surface area contributed by atoms with Gasteiger partial charge in [-0.25, -0.2) is 17.6 Å². The van der Waals surface area contributed by atoms with Crippen LogP contribution < -0.4 is 16.0 Å². The van der Waals surface area contributed by atoms with Crippen LogP contribution in [0.5, 0.6) is 0 Å². The van der Waals surface area contributed by atoms with E-state index in [1.807, 2.05) is 0 Å². The number of carbonyl (C=O) groups is 2. The maximum Gasteiger partial charge on any atom is 0.407 e. The van der Waals surface area contributed by atoms with Gasteiger partial charge in [-0.15, -0.1) is 0 Å². The molecule has 49 heavy (non-hydrogen) atoms. The Hall–Kier alpha value is -2.98. The Bertz CT molecular complexity index is 1580. The van der Waals surface area contributed by atoms with Crippen molar-refractivity contribution >= 4 is 39.3 Å². The van der Waals surface area contributed by atoms with Crippen LogP contribution in [-0.4, -0.2) is 87.7 Å². The van der Waals surface area contributed by atoms with E-state index < -0.39 is 70.5 Å². The molecule has 3 aliphatic rings. The van der Waals surface area contributed by atoms with Gasteiger partial charge in [-0.2, -0.15) is 17.5 Å². The molecule has 2 aromatic carbocycles. The molecular weight excluding hydrogens is 692 g/mol. The van der Waals surface area contributed by atoms with Gasteiger partial charge in [0.2, 0.25) is 15.9 Å². The van der Waals surface area contributed by atoms with Crippen molar-refractivity contribution in [2.75, 3.05) is 37.9 Å². The summed E-state index contributed by atoms with van der Waals surface area (Å²) in [6.45, 7) is 0.769. The van der Waals surface area contributed by atoms with Crippen LogP contribution in [0, 0.1) is 11.7 Å². The molecule has 270 valence electrons. The molecule has 3 fully saturated rings. The summed E-state index contributed by atoms with van der Waals surface area (Å²) in [5.41, 5.74) is 0.819. The number of ether oxygens (including phenoxy) is 2. The molecule has 5 rings (SSSR count). The number of hydrogen-bond donors (Lipinski definition) is 3. The molecule has 2 amide bonds. The first-order chi connectivity index (χ1) is 23.2. The zero-order valence-electron chi connectivity index (χ0n) is 27.0. The monoisotopic (exact) mass is 732 g/mol. The Morgan fingerprint density at radius 1 is 1.16 bits per heavy atom. The molecule has 7 atom stereocenters. The third-order valence-electron chi connectivity index (χ3n) is 9.60. The smallest absolute Gasteiger partial charge is 0.407 e. The van der Waals surface area contributed by atoms with Gasteiger partial charge in [-0.3, -0.25) is 4.79 Å². The number of methoxy groups -OCH3 is 1. The fourth-order valence-electron chi connectivity index (χ4n) is 7.26. The minimum Gasteiger partial charge on any atom is -0.453 e. The summed E-state index contributed by atoms with van der Waals surface area (Å²) >= 11 is 6.13. The van der Waals surface area contributed by atoms with E-state index in [2.05, 4.69) is 16.0 Å². The van der Waals surface area contributed by atoms with Crippen molar-refractivity contribution in [3.8, 4) is 0 Å². The number of nitrogens with one attached hydrogen (secondary N) is 3. The van der Waals surface area contributed by atoms with Gasteiger partial charge in [0.1, 0.15) is 11.9 Å². The average Bonchev–Trinajstić information content (AvgIpc) is 3.16. The molecule has 3 heterocycles. The fourth-order valence-corrected chi connectivity index (χ4v) is 9.19. The fraction of sp³-hybridized carbons (Fsp3) is 0.576. The van der Waals surface area contributed by atoms with Crippen molar-refractivity contribution in [2.24, 2.45) is 5.92 Å². The van der Waals surface area contributed by atoms with Gasteiger partial charge in [-0.05, 0) is 74.3 Å². The van der Waals surface area contributed by atoms with Crippen LogP contribution in [0.15, 0.2) is 42.5 Å². The molecule has 3 N–H and O–H groups in total. The molecule has 7 unspecified atom stereocenters. The van der Waals surface area contributed by atoms with Crippen molar-refractivity contribution in [2.45, 2.75) is 81.3 Å². The van der Waals surface area contributed by atoms with Crippen molar-refractivity contribution in [1.82, 2.24) is 14.9 Å². The van der Waals surface area contributed by atoms with Gasteiger partial charge in [0.05, 0.1) is 25.4 Å². The lowest BCUT2D eigenvalue weighted by Crippen LogP contribution is -2.57.